The van der Waals surface area contributed by atoms with Crippen molar-refractivity contribution in [3.63, 3.8) is 0 Å². The zero-order valence-corrected chi connectivity index (χ0v) is 21.9. The summed E-state index contributed by atoms with van der Waals surface area (Å²) < 4.78 is 1.49. The summed E-state index contributed by atoms with van der Waals surface area (Å²) in [5.41, 5.74) is 2.99. The van der Waals surface area contributed by atoms with Crippen LogP contribution in [0.4, 0.5) is 0 Å². The average Bonchev–Trinajstić information content (AvgIpc) is 3.13. The van der Waals surface area contributed by atoms with Gasteiger partial charge in [0.15, 0.2) is 0 Å². The molecule has 32 heavy (non-hydrogen) atoms. The Labute approximate surface area is 207 Å². The minimum atomic E-state index is -0.164. The normalized spacial score (nSPS) is 12.2. The molecule has 0 aliphatic rings. The maximum atomic E-state index is 12.7. The molecule has 0 saturated heterocycles. The highest BCUT2D eigenvalue weighted by Crippen LogP contribution is 2.35. The van der Waals surface area contributed by atoms with E-state index in [1.165, 1.54) is 0 Å². The van der Waals surface area contributed by atoms with Crippen molar-refractivity contribution in [2.24, 2.45) is 0 Å². The number of halogens is 2. The second-order valence-corrected chi connectivity index (χ2v) is 11.5. The molecule has 164 valence electrons. The van der Waals surface area contributed by atoms with Crippen LogP contribution in [0.15, 0.2) is 56.2 Å². The van der Waals surface area contributed by atoms with Gasteiger partial charge in [0.05, 0.1) is 10.2 Å². The summed E-state index contributed by atoms with van der Waals surface area (Å²) in [7, 11) is 0. The minimum absolute atomic E-state index is 0.0713. The van der Waals surface area contributed by atoms with Gasteiger partial charge in [0.2, 0.25) is 0 Å². The van der Waals surface area contributed by atoms with Gasteiger partial charge < -0.3 is 10.1 Å². The number of pyridine rings is 1. The van der Waals surface area contributed by atoms with Crippen LogP contribution in [0.25, 0.3) is 23.1 Å². The van der Waals surface area contributed by atoms with E-state index in [2.05, 4.69) is 57.6 Å². The van der Waals surface area contributed by atoms with E-state index in [9.17, 15) is 9.90 Å². The number of benzene rings is 2. The molecular weight excluding hydrogens is 552 g/mol. The smallest absolute Gasteiger partial charge is 0.251 e. The van der Waals surface area contributed by atoms with Crippen molar-refractivity contribution >= 4 is 66.3 Å². The molecule has 0 amide bonds. The molecule has 0 radical (unpaired) electrons. The Morgan fingerprint density at radius 3 is 2.62 bits per heavy atom. The molecule has 7 heteroatoms. The van der Waals surface area contributed by atoms with Gasteiger partial charge in [-0.2, -0.15) is 0 Å². The lowest BCUT2D eigenvalue weighted by atomic mass is 9.90. The van der Waals surface area contributed by atoms with E-state index in [1.54, 1.807) is 17.4 Å². The zero-order valence-electron chi connectivity index (χ0n) is 17.9. The summed E-state index contributed by atoms with van der Waals surface area (Å²) in [6.07, 6.45) is 4.27. The average molecular weight is 574 g/mol. The van der Waals surface area contributed by atoms with Crippen LogP contribution >= 0.6 is 43.2 Å². The standard InChI is InChI=1S/C25H22Br2N2O2S/c1-25(2,3)23-20(12-16-10-14-6-4-5-7-19(14)28-24(16)31)32-21(29-23)9-8-15-11-17(26)13-18(27)22(15)30/h4-11,13,30H,12H2,1-3H3,(H,28,31)/b9-8-. The van der Waals surface area contributed by atoms with Crippen LogP contribution in [0.5, 0.6) is 5.75 Å². The van der Waals surface area contributed by atoms with Crippen molar-refractivity contribution in [2.75, 3.05) is 0 Å². The molecule has 0 spiro atoms. The molecule has 0 atom stereocenters. The zero-order chi connectivity index (χ0) is 23.0. The van der Waals surface area contributed by atoms with Gasteiger partial charge in [-0.15, -0.1) is 11.3 Å². The van der Waals surface area contributed by atoms with E-state index < -0.39 is 0 Å². The Balaban J connectivity index is 1.72. The highest BCUT2D eigenvalue weighted by atomic mass is 79.9. The van der Waals surface area contributed by atoms with Crippen molar-refractivity contribution < 1.29 is 5.11 Å². The van der Waals surface area contributed by atoms with Crippen LogP contribution in [0.2, 0.25) is 0 Å². The second-order valence-electron chi connectivity index (χ2n) is 8.62. The van der Waals surface area contributed by atoms with Gasteiger partial charge in [-0.1, -0.05) is 54.9 Å². The predicted molar refractivity (Wildman–Crippen MR) is 141 cm³/mol. The highest BCUT2D eigenvalue weighted by Gasteiger charge is 2.23. The number of thiazole rings is 1. The number of phenolic OH excluding ortho intramolecular Hbond substituents is 1. The first kappa shape index (κ1) is 23.0. The quantitative estimate of drug-likeness (QED) is 0.270. The minimum Gasteiger partial charge on any atom is -0.506 e. The fourth-order valence-corrected chi connectivity index (χ4v) is 5.98. The molecular formula is C25H22Br2N2O2S. The lowest BCUT2D eigenvalue weighted by Gasteiger charge is -2.17. The van der Waals surface area contributed by atoms with Crippen molar-refractivity contribution in [1.29, 1.82) is 0 Å². The summed E-state index contributed by atoms with van der Waals surface area (Å²) in [5.74, 6) is 0.181. The van der Waals surface area contributed by atoms with Crippen LogP contribution in [-0.2, 0) is 11.8 Å². The highest BCUT2D eigenvalue weighted by molar-refractivity contribution is 9.11. The number of fused-ring (bicyclic) bond motifs is 1. The van der Waals surface area contributed by atoms with E-state index in [1.807, 2.05) is 48.6 Å². The number of phenols is 1. The maximum Gasteiger partial charge on any atom is 0.251 e. The largest absolute Gasteiger partial charge is 0.506 e. The maximum absolute atomic E-state index is 12.7. The van der Waals surface area contributed by atoms with Gasteiger partial charge in [-0.25, -0.2) is 4.98 Å². The van der Waals surface area contributed by atoms with Gasteiger partial charge in [0, 0.05) is 37.8 Å². The molecule has 2 aromatic carbocycles. The number of aromatic hydroxyl groups is 1. The SMILES string of the molecule is CC(C)(C)c1nc(/C=C\c2cc(Br)cc(Br)c2O)sc1Cc1cc2ccccc2[nH]c1=O. The summed E-state index contributed by atoms with van der Waals surface area (Å²) in [6.45, 7) is 6.38. The first-order chi connectivity index (χ1) is 15.1. The molecule has 0 saturated carbocycles. The van der Waals surface area contributed by atoms with Crippen LogP contribution in [-0.4, -0.2) is 15.1 Å². The number of hydrogen-bond donors (Lipinski definition) is 2. The third-order valence-electron chi connectivity index (χ3n) is 5.07. The van der Waals surface area contributed by atoms with Gasteiger partial charge in [0.1, 0.15) is 10.8 Å². The Bertz CT molecular complexity index is 1400. The molecule has 4 nitrogen and oxygen atoms in total. The fourth-order valence-electron chi connectivity index (χ4n) is 3.52. The molecule has 2 aromatic heterocycles. The number of aromatic amines is 1. The molecule has 4 aromatic rings. The predicted octanol–water partition coefficient (Wildman–Crippen LogP) is 7.27. The second kappa shape index (κ2) is 8.96. The Morgan fingerprint density at radius 1 is 1.12 bits per heavy atom. The van der Waals surface area contributed by atoms with E-state index in [0.29, 0.717) is 16.5 Å². The molecule has 2 heterocycles. The van der Waals surface area contributed by atoms with E-state index >= 15 is 0 Å². The number of para-hydroxylation sites is 1. The Morgan fingerprint density at radius 2 is 1.88 bits per heavy atom. The van der Waals surface area contributed by atoms with Crippen LogP contribution in [0.3, 0.4) is 0 Å². The van der Waals surface area contributed by atoms with Crippen molar-refractivity contribution in [1.82, 2.24) is 9.97 Å². The first-order valence-electron chi connectivity index (χ1n) is 10.1. The molecule has 0 fully saturated rings. The monoisotopic (exact) mass is 572 g/mol. The number of nitrogens with one attached hydrogen (secondary N) is 1. The van der Waals surface area contributed by atoms with Crippen molar-refractivity contribution in [2.45, 2.75) is 32.6 Å². The van der Waals surface area contributed by atoms with E-state index in [0.717, 1.165) is 36.5 Å². The lowest BCUT2D eigenvalue weighted by molar-refractivity contribution is 0.470. The molecule has 2 N–H and O–H groups in total. The number of H-pyrrole nitrogens is 1. The first-order valence-corrected chi connectivity index (χ1v) is 12.5. The van der Waals surface area contributed by atoms with Gasteiger partial charge in [-0.05, 0) is 57.7 Å². The van der Waals surface area contributed by atoms with Crippen LogP contribution in [0, 0.1) is 0 Å². The number of hydrogen-bond acceptors (Lipinski definition) is 4. The summed E-state index contributed by atoms with van der Waals surface area (Å²) >= 11 is 8.40. The van der Waals surface area contributed by atoms with Crippen LogP contribution in [0.1, 0.15) is 47.5 Å². The van der Waals surface area contributed by atoms with Gasteiger partial charge in [0.25, 0.3) is 5.56 Å². The summed E-state index contributed by atoms with van der Waals surface area (Å²) in [4.78, 5) is 21.6. The van der Waals surface area contributed by atoms with Crippen molar-refractivity contribution in [3.8, 4) is 5.75 Å². The third kappa shape index (κ3) is 4.90. The Hall–Kier alpha value is -2.22. The summed E-state index contributed by atoms with van der Waals surface area (Å²) in [6, 6.07) is 13.4. The summed E-state index contributed by atoms with van der Waals surface area (Å²) in [5, 5.41) is 12.2. The molecule has 0 aliphatic carbocycles. The number of nitrogens with zero attached hydrogens (tertiary/aromatic N) is 1. The lowest BCUT2D eigenvalue weighted by Crippen LogP contribution is -2.17. The van der Waals surface area contributed by atoms with E-state index in [-0.39, 0.29) is 16.7 Å². The number of aromatic nitrogens is 2. The van der Waals surface area contributed by atoms with Gasteiger partial charge >= 0.3 is 0 Å². The third-order valence-corrected chi connectivity index (χ3v) is 7.15. The topological polar surface area (TPSA) is 66.0 Å². The van der Waals surface area contributed by atoms with Gasteiger partial charge in [-0.3, -0.25) is 4.79 Å². The molecule has 0 aliphatic heterocycles. The molecule has 4 rings (SSSR count). The molecule has 0 bridgehead atoms. The number of rotatable bonds is 4. The van der Waals surface area contributed by atoms with Crippen LogP contribution < -0.4 is 5.56 Å². The Kier molecular flexibility index (Phi) is 6.43. The molecule has 0 unspecified atom stereocenters. The fraction of sp³-hybridized carbons (Fsp3) is 0.200. The van der Waals surface area contributed by atoms with E-state index in [4.69, 9.17) is 4.98 Å². The van der Waals surface area contributed by atoms with Crippen molar-refractivity contribution in [3.05, 3.63) is 88.5 Å².